The van der Waals surface area contributed by atoms with Crippen LogP contribution in [0.4, 0.5) is 5.82 Å². The van der Waals surface area contributed by atoms with Gasteiger partial charge >= 0.3 is 5.97 Å². The van der Waals surface area contributed by atoms with Crippen LogP contribution in [-0.2, 0) is 4.79 Å². The number of anilines is 1. The number of hydrogen-bond donors (Lipinski definition) is 1. The third-order valence-electron chi connectivity index (χ3n) is 2.76. The van der Waals surface area contributed by atoms with Gasteiger partial charge in [0, 0.05) is 25.5 Å². The molecular formula is C11H15N5O2. The van der Waals surface area contributed by atoms with Gasteiger partial charge in [0.05, 0.1) is 6.42 Å². The number of aryl methyl sites for hydroxylation is 1. The summed E-state index contributed by atoms with van der Waals surface area (Å²) in [6.07, 6.45) is 3.53. The molecule has 1 N–H and O–H groups in total. The Kier molecular flexibility index (Phi) is 3.40. The first-order chi connectivity index (χ1) is 8.63. The van der Waals surface area contributed by atoms with Gasteiger partial charge in [0.2, 0.25) is 5.65 Å². The Morgan fingerprint density at radius 3 is 2.94 bits per heavy atom. The molecular weight excluding hydrogens is 234 g/mol. The lowest BCUT2D eigenvalue weighted by Crippen LogP contribution is -2.27. The van der Waals surface area contributed by atoms with Crippen LogP contribution in [0, 0.1) is 6.92 Å². The van der Waals surface area contributed by atoms with E-state index in [1.54, 1.807) is 12.4 Å². The third-order valence-corrected chi connectivity index (χ3v) is 2.76. The predicted octanol–water partition coefficient (Wildman–Crippen LogP) is 0.734. The molecule has 0 spiro atoms. The van der Waals surface area contributed by atoms with Gasteiger partial charge < -0.3 is 10.0 Å². The summed E-state index contributed by atoms with van der Waals surface area (Å²) in [5.74, 6) is 0.628. The average molecular weight is 249 g/mol. The first-order valence-electron chi connectivity index (χ1n) is 5.76. The molecule has 96 valence electrons. The highest BCUT2D eigenvalue weighted by atomic mass is 16.4. The molecule has 2 aromatic rings. The van der Waals surface area contributed by atoms with Gasteiger partial charge in [-0.05, 0) is 13.8 Å². The van der Waals surface area contributed by atoms with Crippen LogP contribution in [0.25, 0.3) is 5.65 Å². The van der Waals surface area contributed by atoms with Crippen LogP contribution in [0.2, 0.25) is 0 Å². The minimum absolute atomic E-state index is 0.0731. The number of carboxylic acids is 1. The van der Waals surface area contributed by atoms with E-state index in [4.69, 9.17) is 5.11 Å². The van der Waals surface area contributed by atoms with Crippen LogP contribution in [-0.4, -0.2) is 43.7 Å². The molecule has 7 heteroatoms. The van der Waals surface area contributed by atoms with Crippen molar-refractivity contribution in [1.29, 1.82) is 0 Å². The van der Waals surface area contributed by atoms with Crippen molar-refractivity contribution < 1.29 is 9.90 Å². The van der Waals surface area contributed by atoms with Crippen molar-refractivity contribution in [1.82, 2.24) is 19.6 Å². The maximum Gasteiger partial charge on any atom is 0.305 e. The molecule has 2 heterocycles. The van der Waals surface area contributed by atoms with Crippen LogP contribution in [0.5, 0.6) is 0 Å². The Morgan fingerprint density at radius 2 is 2.28 bits per heavy atom. The molecule has 0 saturated heterocycles. The Labute approximate surface area is 104 Å². The van der Waals surface area contributed by atoms with Gasteiger partial charge in [-0.25, -0.2) is 4.98 Å². The zero-order chi connectivity index (χ0) is 13.1. The standard InChI is InChI=1S/C11H15N5O2/c1-3-15(6-4-9(17)18)10-11-14-13-8(2)16(11)7-5-12-10/h5,7H,3-4,6H2,1-2H3,(H,17,18). The number of nitrogens with zero attached hydrogens (tertiary/aromatic N) is 5. The minimum Gasteiger partial charge on any atom is -0.481 e. The molecule has 0 bridgehead atoms. The lowest BCUT2D eigenvalue weighted by Gasteiger charge is -2.20. The van der Waals surface area contributed by atoms with E-state index in [1.807, 2.05) is 23.1 Å². The van der Waals surface area contributed by atoms with Crippen molar-refractivity contribution >= 4 is 17.4 Å². The summed E-state index contributed by atoms with van der Waals surface area (Å²) in [6.45, 7) is 4.89. The molecule has 2 rings (SSSR count). The van der Waals surface area contributed by atoms with Gasteiger partial charge in [-0.3, -0.25) is 9.20 Å². The van der Waals surface area contributed by atoms with E-state index in [-0.39, 0.29) is 6.42 Å². The van der Waals surface area contributed by atoms with E-state index < -0.39 is 5.97 Å². The van der Waals surface area contributed by atoms with E-state index in [2.05, 4.69) is 15.2 Å². The summed E-state index contributed by atoms with van der Waals surface area (Å²) in [4.78, 5) is 16.8. The van der Waals surface area contributed by atoms with Crippen molar-refractivity contribution in [2.24, 2.45) is 0 Å². The van der Waals surface area contributed by atoms with Crippen LogP contribution >= 0.6 is 0 Å². The molecule has 0 amide bonds. The third kappa shape index (κ3) is 2.24. The van der Waals surface area contributed by atoms with Crippen molar-refractivity contribution in [2.45, 2.75) is 20.3 Å². The second-order valence-corrected chi connectivity index (χ2v) is 3.92. The Bertz CT molecular complexity index is 566. The molecule has 0 aliphatic carbocycles. The highest BCUT2D eigenvalue weighted by molar-refractivity contribution is 5.69. The molecule has 0 aromatic carbocycles. The Morgan fingerprint density at radius 1 is 1.50 bits per heavy atom. The fraction of sp³-hybridized carbons (Fsp3) is 0.455. The van der Waals surface area contributed by atoms with Crippen LogP contribution < -0.4 is 4.90 Å². The first-order valence-corrected chi connectivity index (χ1v) is 5.76. The number of hydrogen-bond acceptors (Lipinski definition) is 5. The molecule has 2 aromatic heterocycles. The number of carboxylic acid groups (broad SMARTS) is 1. The number of rotatable bonds is 5. The van der Waals surface area contributed by atoms with Crippen molar-refractivity contribution in [3.8, 4) is 0 Å². The summed E-state index contributed by atoms with van der Waals surface area (Å²) in [5.41, 5.74) is 0.655. The van der Waals surface area contributed by atoms with Crippen LogP contribution in [0.3, 0.4) is 0 Å². The Hall–Kier alpha value is -2.18. The molecule has 0 atom stereocenters. The summed E-state index contributed by atoms with van der Waals surface area (Å²) >= 11 is 0. The van der Waals surface area contributed by atoms with E-state index in [0.717, 1.165) is 5.82 Å². The molecule has 18 heavy (non-hydrogen) atoms. The normalized spacial score (nSPS) is 10.8. The van der Waals surface area contributed by atoms with Gasteiger partial charge in [-0.2, -0.15) is 0 Å². The van der Waals surface area contributed by atoms with E-state index in [0.29, 0.717) is 24.6 Å². The molecule has 0 aliphatic rings. The number of fused-ring (bicyclic) bond motifs is 1. The SMILES string of the molecule is CCN(CCC(=O)O)c1nccn2c(C)nnc12. The monoisotopic (exact) mass is 249 g/mol. The highest BCUT2D eigenvalue weighted by Gasteiger charge is 2.14. The van der Waals surface area contributed by atoms with Crippen molar-refractivity contribution in [2.75, 3.05) is 18.0 Å². The highest BCUT2D eigenvalue weighted by Crippen LogP contribution is 2.17. The number of aliphatic carboxylic acids is 1. The zero-order valence-corrected chi connectivity index (χ0v) is 10.4. The molecule has 0 saturated carbocycles. The summed E-state index contributed by atoms with van der Waals surface area (Å²) in [7, 11) is 0. The summed E-state index contributed by atoms with van der Waals surface area (Å²) < 4.78 is 1.84. The van der Waals surface area contributed by atoms with Gasteiger partial charge in [0.15, 0.2) is 5.82 Å². The maximum absolute atomic E-state index is 10.6. The maximum atomic E-state index is 10.6. The van der Waals surface area contributed by atoms with Crippen LogP contribution in [0.1, 0.15) is 19.2 Å². The molecule has 0 radical (unpaired) electrons. The summed E-state index contributed by atoms with van der Waals surface area (Å²) in [6, 6.07) is 0. The van der Waals surface area contributed by atoms with Crippen LogP contribution in [0.15, 0.2) is 12.4 Å². The molecule has 0 fully saturated rings. The van der Waals surface area contributed by atoms with Gasteiger partial charge in [0.25, 0.3) is 0 Å². The second-order valence-electron chi connectivity index (χ2n) is 3.92. The van der Waals surface area contributed by atoms with Gasteiger partial charge in [-0.1, -0.05) is 0 Å². The smallest absolute Gasteiger partial charge is 0.305 e. The minimum atomic E-state index is -0.821. The molecule has 0 aliphatic heterocycles. The quantitative estimate of drug-likeness (QED) is 0.841. The van der Waals surface area contributed by atoms with Gasteiger partial charge in [0.1, 0.15) is 5.82 Å². The second kappa shape index (κ2) is 4.99. The lowest BCUT2D eigenvalue weighted by molar-refractivity contribution is -0.136. The topological polar surface area (TPSA) is 83.6 Å². The van der Waals surface area contributed by atoms with E-state index >= 15 is 0 Å². The Balaban J connectivity index is 2.35. The average Bonchev–Trinajstić information content (AvgIpc) is 2.73. The summed E-state index contributed by atoms with van der Waals surface area (Å²) in [5, 5.41) is 16.8. The lowest BCUT2D eigenvalue weighted by atomic mass is 10.3. The zero-order valence-electron chi connectivity index (χ0n) is 10.4. The number of carbonyl (C=O) groups is 1. The largest absolute Gasteiger partial charge is 0.481 e. The van der Waals surface area contributed by atoms with Gasteiger partial charge in [-0.15, -0.1) is 10.2 Å². The fourth-order valence-corrected chi connectivity index (χ4v) is 1.80. The van der Waals surface area contributed by atoms with Crippen molar-refractivity contribution in [3.63, 3.8) is 0 Å². The number of aromatic nitrogens is 4. The first kappa shape index (κ1) is 12.3. The predicted molar refractivity (Wildman–Crippen MR) is 65.7 cm³/mol. The van der Waals surface area contributed by atoms with Crippen molar-refractivity contribution in [3.05, 3.63) is 18.2 Å². The van der Waals surface area contributed by atoms with E-state index in [9.17, 15) is 4.79 Å². The fourth-order valence-electron chi connectivity index (χ4n) is 1.80. The molecule has 0 unspecified atom stereocenters. The van der Waals surface area contributed by atoms with E-state index in [1.165, 1.54) is 0 Å². The molecule has 7 nitrogen and oxygen atoms in total.